The maximum absolute atomic E-state index is 11.7. The number of amides is 1. The molecule has 0 spiro atoms. The van der Waals surface area contributed by atoms with Crippen LogP contribution in [0.5, 0.6) is 0 Å². The number of aromatic nitrogens is 1. The number of oxazole rings is 1. The molecule has 0 radical (unpaired) electrons. The predicted octanol–water partition coefficient (Wildman–Crippen LogP) is 1.01. The third-order valence-electron chi connectivity index (χ3n) is 2.81. The van der Waals surface area contributed by atoms with E-state index in [1.54, 1.807) is 0 Å². The number of ether oxygens (including phenoxy) is 1. The van der Waals surface area contributed by atoms with Crippen molar-refractivity contribution < 1.29 is 19.1 Å². The number of nitrogens with one attached hydrogen (secondary N) is 1. The molecule has 21 heavy (non-hydrogen) atoms. The fourth-order valence-corrected chi connectivity index (χ4v) is 1.81. The number of nitrogens with zero attached hydrogens (tertiary/aromatic N) is 1. The molecular weight excluding hydrogens is 272 g/mol. The lowest BCUT2D eigenvalue weighted by molar-refractivity contribution is -0.121. The second-order valence-electron chi connectivity index (χ2n) is 4.60. The largest absolute Gasteiger partial charge is 0.444 e. The molecule has 6 nitrogen and oxygen atoms in total. The molecule has 1 heterocycles. The van der Waals surface area contributed by atoms with Gasteiger partial charge in [-0.15, -0.1) is 0 Å². The van der Waals surface area contributed by atoms with Crippen LogP contribution >= 0.6 is 0 Å². The van der Waals surface area contributed by atoms with Crippen LogP contribution in [0, 0.1) is 0 Å². The molecule has 2 N–H and O–H groups in total. The lowest BCUT2D eigenvalue weighted by atomic mass is 10.2. The number of aliphatic hydroxyl groups excluding tert-OH is 1. The predicted molar refractivity (Wildman–Crippen MR) is 76.5 cm³/mol. The minimum atomic E-state index is -0.712. The van der Waals surface area contributed by atoms with Crippen molar-refractivity contribution in [1.29, 1.82) is 0 Å². The normalized spacial score (nSPS) is 12.1. The first kappa shape index (κ1) is 15.2. The fourth-order valence-electron chi connectivity index (χ4n) is 1.81. The summed E-state index contributed by atoms with van der Waals surface area (Å²) in [4.78, 5) is 16.0. The smallest absolute Gasteiger partial charge is 0.226 e. The summed E-state index contributed by atoms with van der Waals surface area (Å²) in [5.41, 5.74) is 1.41. The summed E-state index contributed by atoms with van der Waals surface area (Å²) in [6, 6.07) is 9.46. The Balaban J connectivity index is 1.86. The van der Waals surface area contributed by atoms with Gasteiger partial charge in [0, 0.05) is 19.2 Å². The summed E-state index contributed by atoms with van der Waals surface area (Å²) in [5.74, 6) is 0.260. The summed E-state index contributed by atoms with van der Waals surface area (Å²) >= 11 is 0. The molecule has 0 saturated carbocycles. The van der Waals surface area contributed by atoms with Crippen LogP contribution in [0.3, 0.4) is 0 Å². The number of carbonyl (C=O) groups is 1. The second kappa shape index (κ2) is 7.56. The van der Waals surface area contributed by atoms with E-state index in [4.69, 9.17) is 9.15 Å². The van der Waals surface area contributed by atoms with E-state index in [-0.39, 0.29) is 25.5 Å². The van der Waals surface area contributed by atoms with Crippen LogP contribution in [0.4, 0.5) is 0 Å². The van der Waals surface area contributed by atoms with Gasteiger partial charge >= 0.3 is 0 Å². The van der Waals surface area contributed by atoms with E-state index in [1.165, 1.54) is 13.4 Å². The number of hydrogen-bond donors (Lipinski definition) is 2. The van der Waals surface area contributed by atoms with E-state index in [9.17, 15) is 9.90 Å². The molecule has 0 aliphatic carbocycles. The van der Waals surface area contributed by atoms with E-state index in [0.717, 1.165) is 5.56 Å². The number of hydrogen-bond acceptors (Lipinski definition) is 5. The average molecular weight is 290 g/mol. The van der Waals surface area contributed by atoms with Crippen molar-refractivity contribution in [3.8, 4) is 11.5 Å². The highest BCUT2D eigenvalue weighted by Gasteiger charge is 2.11. The van der Waals surface area contributed by atoms with Crippen LogP contribution in [-0.2, 0) is 16.0 Å². The van der Waals surface area contributed by atoms with Gasteiger partial charge in [-0.1, -0.05) is 18.2 Å². The highest BCUT2D eigenvalue weighted by Crippen LogP contribution is 2.17. The average Bonchev–Trinajstić information content (AvgIpc) is 2.95. The van der Waals surface area contributed by atoms with Crippen molar-refractivity contribution >= 4 is 5.91 Å². The Hall–Kier alpha value is -2.18. The summed E-state index contributed by atoms with van der Waals surface area (Å²) in [7, 11) is 1.49. The van der Waals surface area contributed by atoms with Crippen LogP contribution < -0.4 is 5.32 Å². The zero-order chi connectivity index (χ0) is 15.1. The molecule has 1 atom stereocenters. The Morgan fingerprint density at radius 1 is 1.43 bits per heavy atom. The van der Waals surface area contributed by atoms with Gasteiger partial charge in [0.25, 0.3) is 0 Å². The summed E-state index contributed by atoms with van der Waals surface area (Å²) in [5, 5.41) is 12.1. The quantitative estimate of drug-likeness (QED) is 0.795. The molecule has 1 aromatic heterocycles. The number of benzene rings is 1. The van der Waals surface area contributed by atoms with Crippen molar-refractivity contribution in [3.63, 3.8) is 0 Å². The van der Waals surface area contributed by atoms with Gasteiger partial charge in [-0.25, -0.2) is 4.98 Å². The highest BCUT2D eigenvalue weighted by atomic mass is 16.5. The molecule has 2 aromatic rings. The zero-order valence-corrected chi connectivity index (χ0v) is 11.8. The third kappa shape index (κ3) is 4.70. The first-order chi connectivity index (χ1) is 10.2. The Morgan fingerprint density at radius 2 is 2.19 bits per heavy atom. The topological polar surface area (TPSA) is 84.6 Å². The van der Waals surface area contributed by atoms with Crippen LogP contribution in [0.15, 0.2) is 41.0 Å². The fraction of sp³-hybridized carbons (Fsp3) is 0.333. The Labute approximate surface area is 122 Å². The molecule has 1 unspecified atom stereocenters. The van der Waals surface area contributed by atoms with Crippen molar-refractivity contribution in [2.24, 2.45) is 0 Å². The molecule has 6 heteroatoms. The lowest BCUT2D eigenvalue weighted by Crippen LogP contribution is -2.35. The highest BCUT2D eigenvalue weighted by molar-refractivity contribution is 5.78. The van der Waals surface area contributed by atoms with E-state index in [2.05, 4.69) is 10.3 Å². The molecule has 0 aliphatic heterocycles. The molecular formula is C15H18N2O4. The zero-order valence-electron chi connectivity index (χ0n) is 11.8. The van der Waals surface area contributed by atoms with E-state index < -0.39 is 6.10 Å². The van der Waals surface area contributed by atoms with Crippen molar-refractivity contribution in [1.82, 2.24) is 10.3 Å². The van der Waals surface area contributed by atoms with Gasteiger partial charge in [-0.3, -0.25) is 4.79 Å². The molecule has 0 aliphatic rings. The molecule has 0 bridgehead atoms. The maximum Gasteiger partial charge on any atom is 0.226 e. The van der Waals surface area contributed by atoms with Crippen molar-refractivity contribution in [2.75, 3.05) is 20.3 Å². The van der Waals surface area contributed by atoms with Crippen LogP contribution in [0.1, 0.15) is 5.69 Å². The Morgan fingerprint density at radius 3 is 2.90 bits per heavy atom. The lowest BCUT2D eigenvalue weighted by Gasteiger charge is -2.09. The third-order valence-corrected chi connectivity index (χ3v) is 2.81. The standard InChI is InChI=1S/C15H18N2O4/c1-20-10-13(18)8-16-14(19)7-12-9-21-15(17-12)11-5-3-2-4-6-11/h2-6,9,13,18H,7-8,10H2,1H3,(H,16,19). The minimum Gasteiger partial charge on any atom is -0.444 e. The monoisotopic (exact) mass is 290 g/mol. The van der Waals surface area contributed by atoms with E-state index in [0.29, 0.717) is 11.6 Å². The van der Waals surface area contributed by atoms with Gasteiger partial charge in [-0.05, 0) is 12.1 Å². The van der Waals surface area contributed by atoms with Crippen LogP contribution in [0.25, 0.3) is 11.5 Å². The summed E-state index contributed by atoms with van der Waals surface area (Å²) in [6.45, 7) is 0.332. The van der Waals surface area contributed by atoms with E-state index >= 15 is 0 Å². The first-order valence-electron chi connectivity index (χ1n) is 6.62. The van der Waals surface area contributed by atoms with Gasteiger partial charge in [0.2, 0.25) is 11.8 Å². The van der Waals surface area contributed by atoms with Gasteiger partial charge in [0.15, 0.2) is 0 Å². The summed E-state index contributed by atoms with van der Waals surface area (Å²) < 4.78 is 10.1. The molecule has 1 aromatic carbocycles. The first-order valence-corrected chi connectivity index (χ1v) is 6.62. The number of carbonyl (C=O) groups excluding carboxylic acids is 1. The number of rotatable bonds is 7. The van der Waals surface area contributed by atoms with Gasteiger partial charge in [0.05, 0.1) is 24.8 Å². The maximum atomic E-state index is 11.7. The molecule has 0 fully saturated rings. The molecule has 112 valence electrons. The van der Waals surface area contributed by atoms with Gasteiger partial charge < -0.3 is 19.6 Å². The molecule has 0 saturated heterocycles. The molecule has 1 amide bonds. The Kier molecular flexibility index (Phi) is 5.48. The van der Waals surface area contributed by atoms with Gasteiger partial charge in [-0.2, -0.15) is 0 Å². The minimum absolute atomic E-state index is 0.107. The molecule has 2 rings (SSSR count). The van der Waals surface area contributed by atoms with Crippen molar-refractivity contribution in [3.05, 3.63) is 42.3 Å². The van der Waals surface area contributed by atoms with Gasteiger partial charge in [0.1, 0.15) is 6.26 Å². The Bertz CT molecular complexity index is 568. The SMILES string of the molecule is COCC(O)CNC(=O)Cc1coc(-c2ccccc2)n1. The van der Waals surface area contributed by atoms with Crippen LogP contribution in [-0.4, -0.2) is 42.4 Å². The van der Waals surface area contributed by atoms with Crippen LogP contribution in [0.2, 0.25) is 0 Å². The summed E-state index contributed by atoms with van der Waals surface area (Å²) in [6.07, 6.45) is 0.861. The van der Waals surface area contributed by atoms with Crippen molar-refractivity contribution in [2.45, 2.75) is 12.5 Å². The second-order valence-corrected chi connectivity index (χ2v) is 4.60. The number of aliphatic hydroxyl groups is 1. The van der Waals surface area contributed by atoms with E-state index in [1.807, 2.05) is 30.3 Å². The number of methoxy groups -OCH3 is 1.